The van der Waals surface area contributed by atoms with Crippen LogP contribution in [0, 0.1) is 0 Å². The molecule has 1 aliphatic heterocycles. The first-order valence-corrected chi connectivity index (χ1v) is 9.80. The molecule has 3 aromatic rings. The van der Waals surface area contributed by atoms with E-state index in [1.807, 2.05) is 60.7 Å². The van der Waals surface area contributed by atoms with Crippen LogP contribution in [0.25, 0.3) is 6.08 Å². The van der Waals surface area contributed by atoms with Crippen molar-refractivity contribution < 1.29 is 9.59 Å². The fourth-order valence-electron chi connectivity index (χ4n) is 2.94. The van der Waals surface area contributed by atoms with Gasteiger partial charge in [0.2, 0.25) is 0 Å². The Balaban J connectivity index is 1.70. The predicted octanol–water partition coefficient (Wildman–Crippen LogP) is 4.97. The topological polar surface area (TPSA) is 61.8 Å². The molecule has 0 spiro atoms. The molecule has 0 saturated carbocycles. The van der Waals surface area contributed by atoms with E-state index < -0.39 is 11.8 Å². The minimum absolute atomic E-state index is 0.185. The number of carbonyl (C=O) groups excluding carboxylic acids is 2. The Hall–Kier alpha value is -3.41. The maximum Gasteiger partial charge on any atom is 0.297 e. The lowest BCUT2D eigenvalue weighted by molar-refractivity contribution is -0.124. The summed E-state index contributed by atoms with van der Waals surface area (Å²) in [5, 5.41) is 1.73. The van der Waals surface area contributed by atoms with Crippen molar-refractivity contribution in [3.63, 3.8) is 0 Å². The maximum atomic E-state index is 13.1. The summed E-state index contributed by atoms with van der Waals surface area (Å²) >= 11 is 12.1. The fourth-order valence-corrected chi connectivity index (χ4v) is 3.44. The molecular weight excluding hydrogens is 421 g/mol. The molecule has 7 heteroatoms. The maximum absolute atomic E-state index is 13.1. The van der Waals surface area contributed by atoms with Crippen LogP contribution < -0.4 is 5.43 Å². The van der Waals surface area contributed by atoms with E-state index in [1.54, 1.807) is 12.1 Å². The molecule has 30 heavy (non-hydrogen) atoms. The second-order valence-electron chi connectivity index (χ2n) is 6.45. The zero-order valence-corrected chi connectivity index (χ0v) is 17.1. The van der Waals surface area contributed by atoms with Crippen molar-refractivity contribution in [3.8, 4) is 0 Å². The summed E-state index contributed by atoms with van der Waals surface area (Å²) in [7, 11) is 0. The number of amides is 2. The zero-order chi connectivity index (χ0) is 21.1. The molecule has 0 aromatic heterocycles. The highest BCUT2D eigenvalue weighted by Gasteiger charge is 2.33. The first kappa shape index (κ1) is 19.9. The molecule has 0 aliphatic carbocycles. The van der Waals surface area contributed by atoms with Gasteiger partial charge in [-0.15, -0.1) is 0 Å². The summed E-state index contributed by atoms with van der Waals surface area (Å²) in [6.07, 6.45) is 1.67. The highest BCUT2D eigenvalue weighted by Crippen LogP contribution is 2.23. The molecule has 0 atom stereocenters. The Labute approximate surface area is 183 Å². The van der Waals surface area contributed by atoms with Crippen molar-refractivity contribution in [2.45, 2.75) is 0 Å². The minimum atomic E-state index is -0.547. The van der Waals surface area contributed by atoms with Crippen molar-refractivity contribution in [2.24, 2.45) is 4.99 Å². The van der Waals surface area contributed by atoms with E-state index in [9.17, 15) is 9.59 Å². The van der Waals surface area contributed by atoms with Gasteiger partial charge in [0, 0.05) is 10.6 Å². The standard InChI is InChI=1S/C23H15Cl2N3O2/c24-17-11-12-18(19(25)14-17)22(29)27-28-21(16-9-5-2-6-10-16)26-20(23(28)30)13-15-7-3-1-4-8-15/h1-14H,(H,27,29). The minimum Gasteiger partial charge on any atom is -0.267 e. The number of carbonyl (C=O) groups is 2. The first-order chi connectivity index (χ1) is 14.5. The second-order valence-corrected chi connectivity index (χ2v) is 7.29. The van der Waals surface area contributed by atoms with Crippen molar-refractivity contribution >= 4 is 46.9 Å². The van der Waals surface area contributed by atoms with E-state index in [0.29, 0.717) is 16.4 Å². The van der Waals surface area contributed by atoms with Gasteiger partial charge < -0.3 is 0 Å². The molecular formula is C23H15Cl2N3O2. The van der Waals surface area contributed by atoms with Crippen LogP contribution in [0.4, 0.5) is 0 Å². The van der Waals surface area contributed by atoms with E-state index in [0.717, 1.165) is 10.6 Å². The summed E-state index contributed by atoms with van der Waals surface area (Å²) in [6, 6.07) is 23.0. The molecule has 0 saturated heterocycles. The lowest BCUT2D eigenvalue weighted by Crippen LogP contribution is -2.47. The molecule has 4 rings (SSSR count). The highest BCUT2D eigenvalue weighted by molar-refractivity contribution is 6.36. The van der Waals surface area contributed by atoms with Gasteiger partial charge in [0.25, 0.3) is 11.8 Å². The van der Waals surface area contributed by atoms with Crippen LogP contribution in [0.15, 0.2) is 89.6 Å². The van der Waals surface area contributed by atoms with Crippen molar-refractivity contribution in [1.29, 1.82) is 0 Å². The number of halogens is 2. The van der Waals surface area contributed by atoms with E-state index in [-0.39, 0.29) is 16.3 Å². The number of amidine groups is 1. The summed E-state index contributed by atoms with van der Waals surface area (Å²) in [4.78, 5) is 30.4. The first-order valence-electron chi connectivity index (χ1n) is 9.04. The molecule has 0 unspecified atom stereocenters. The van der Waals surface area contributed by atoms with Gasteiger partial charge >= 0.3 is 0 Å². The van der Waals surface area contributed by atoms with Crippen molar-refractivity contribution in [1.82, 2.24) is 10.4 Å². The van der Waals surface area contributed by atoms with Crippen LogP contribution in [0.5, 0.6) is 0 Å². The summed E-state index contributed by atoms with van der Waals surface area (Å²) < 4.78 is 0. The number of rotatable bonds is 4. The Bertz CT molecular complexity index is 1180. The van der Waals surface area contributed by atoms with E-state index in [4.69, 9.17) is 23.2 Å². The summed E-state index contributed by atoms with van der Waals surface area (Å²) in [5.74, 6) is -0.674. The Morgan fingerprint density at radius 1 is 0.933 bits per heavy atom. The number of hydrogen-bond acceptors (Lipinski definition) is 3. The van der Waals surface area contributed by atoms with Gasteiger partial charge in [0.15, 0.2) is 5.84 Å². The van der Waals surface area contributed by atoms with Crippen LogP contribution >= 0.6 is 23.2 Å². The van der Waals surface area contributed by atoms with Crippen LogP contribution in [-0.2, 0) is 4.79 Å². The number of nitrogens with zero attached hydrogens (tertiary/aromatic N) is 2. The monoisotopic (exact) mass is 435 g/mol. The molecule has 1 N–H and O–H groups in total. The second kappa shape index (κ2) is 8.53. The Morgan fingerprint density at radius 3 is 2.27 bits per heavy atom. The average molecular weight is 436 g/mol. The molecule has 5 nitrogen and oxygen atoms in total. The predicted molar refractivity (Wildman–Crippen MR) is 118 cm³/mol. The molecule has 1 aliphatic rings. The van der Waals surface area contributed by atoms with Gasteiger partial charge in [-0.2, -0.15) is 5.01 Å². The van der Waals surface area contributed by atoms with E-state index in [1.165, 1.54) is 12.1 Å². The number of nitrogens with one attached hydrogen (secondary N) is 1. The largest absolute Gasteiger partial charge is 0.297 e. The third-order valence-electron chi connectivity index (χ3n) is 4.38. The van der Waals surface area contributed by atoms with E-state index >= 15 is 0 Å². The molecule has 148 valence electrons. The van der Waals surface area contributed by atoms with Gasteiger partial charge in [-0.05, 0) is 29.8 Å². The quantitative estimate of drug-likeness (QED) is 0.588. The average Bonchev–Trinajstić information content (AvgIpc) is 3.05. The van der Waals surface area contributed by atoms with Crippen LogP contribution in [0.3, 0.4) is 0 Å². The van der Waals surface area contributed by atoms with E-state index in [2.05, 4.69) is 10.4 Å². The molecule has 3 aromatic carbocycles. The molecule has 2 amide bonds. The molecule has 0 fully saturated rings. The fraction of sp³-hybridized carbons (Fsp3) is 0. The zero-order valence-electron chi connectivity index (χ0n) is 15.5. The number of hydrazine groups is 1. The van der Waals surface area contributed by atoms with Gasteiger partial charge in [0.05, 0.1) is 10.6 Å². The van der Waals surface area contributed by atoms with Crippen molar-refractivity contribution in [3.05, 3.63) is 111 Å². The van der Waals surface area contributed by atoms with Gasteiger partial charge in [-0.1, -0.05) is 83.9 Å². The number of aliphatic imine (C=N–C) groups is 1. The molecule has 0 radical (unpaired) electrons. The highest BCUT2D eigenvalue weighted by atomic mass is 35.5. The van der Waals surface area contributed by atoms with Crippen LogP contribution in [-0.4, -0.2) is 22.7 Å². The lowest BCUT2D eigenvalue weighted by Gasteiger charge is -2.19. The third-order valence-corrected chi connectivity index (χ3v) is 4.93. The Morgan fingerprint density at radius 2 is 1.60 bits per heavy atom. The number of hydrogen-bond donors (Lipinski definition) is 1. The Kier molecular flexibility index (Phi) is 5.65. The molecule has 1 heterocycles. The molecule has 0 bridgehead atoms. The summed E-state index contributed by atoms with van der Waals surface area (Å²) in [5.41, 5.74) is 4.53. The van der Waals surface area contributed by atoms with Crippen LogP contribution in [0.2, 0.25) is 10.0 Å². The van der Waals surface area contributed by atoms with Gasteiger partial charge in [-0.3, -0.25) is 15.0 Å². The lowest BCUT2D eigenvalue weighted by atomic mass is 10.2. The smallest absolute Gasteiger partial charge is 0.267 e. The SMILES string of the molecule is O=C(NN1C(=O)C(=Cc2ccccc2)N=C1c1ccccc1)c1ccc(Cl)cc1Cl. The van der Waals surface area contributed by atoms with Gasteiger partial charge in [-0.25, -0.2) is 4.99 Å². The normalized spacial score (nSPS) is 14.7. The van der Waals surface area contributed by atoms with Crippen LogP contribution in [0.1, 0.15) is 21.5 Å². The number of benzene rings is 3. The summed E-state index contributed by atoms with van der Waals surface area (Å²) in [6.45, 7) is 0. The van der Waals surface area contributed by atoms with Crippen molar-refractivity contribution in [2.75, 3.05) is 0 Å². The van der Waals surface area contributed by atoms with Gasteiger partial charge in [0.1, 0.15) is 5.70 Å². The third kappa shape index (κ3) is 4.13.